The van der Waals surface area contributed by atoms with Crippen molar-refractivity contribution in [3.8, 4) is 0 Å². The summed E-state index contributed by atoms with van der Waals surface area (Å²) >= 11 is 1.47. The highest BCUT2D eigenvalue weighted by molar-refractivity contribution is 7.99. The predicted octanol–water partition coefficient (Wildman–Crippen LogP) is 3.74. The molecule has 3 heterocycles. The second kappa shape index (κ2) is 7.28. The Kier molecular flexibility index (Phi) is 4.68. The number of aromatic nitrogens is 1. The van der Waals surface area contributed by atoms with Gasteiger partial charge >= 0.3 is 0 Å². The van der Waals surface area contributed by atoms with Gasteiger partial charge in [-0.1, -0.05) is 17.8 Å². The number of nitrogens with one attached hydrogen (secondary N) is 1. The van der Waals surface area contributed by atoms with E-state index in [4.69, 9.17) is 4.42 Å². The van der Waals surface area contributed by atoms with Crippen molar-refractivity contribution in [2.24, 2.45) is 0 Å². The van der Waals surface area contributed by atoms with Gasteiger partial charge in [-0.05, 0) is 42.8 Å². The second-order valence-corrected chi connectivity index (χ2v) is 7.04. The van der Waals surface area contributed by atoms with Gasteiger partial charge in [-0.2, -0.15) is 0 Å². The molecule has 1 aliphatic rings. The van der Waals surface area contributed by atoms with Gasteiger partial charge in [0.05, 0.1) is 23.1 Å². The van der Waals surface area contributed by atoms with Crippen molar-refractivity contribution in [1.29, 1.82) is 0 Å². The van der Waals surface area contributed by atoms with Crippen molar-refractivity contribution in [2.75, 3.05) is 11.4 Å². The van der Waals surface area contributed by atoms with Crippen LogP contribution in [0.2, 0.25) is 0 Å². The molecule has 0 atom stereocenters. The van der Waals surface area contributed by atoms with E-state index in [1.165, 1.54) is 24.3 Å². The van der Waals surface area contributed by atoms with Crippen LogP contribution in [0.4, 0.5) is 5.69 Å². The molecule has 136 valence electrons. The number of carbonyl (C=O) groups excluding carboxylic acids is 2. The van der Waals surface area contributed by atoms with Crippen LogP contribution in [0.1, 0.15) is 33.2 Å². The van der Waals surface area contributed by atoms with E-state index in [9.17, 15) is 9.59 Å². The Morgan fingerprint density at radius 2 is 2.19 bits per heavy atom. The fraction of sp³-hybridized carbons (Fsp3) is 0.150. The molecule has 6 nitrogen and oxygen atoms in total. The molecule has 0 radical (unpaired) electrons. The van der Waals surface area contributed by atoms with E-state index < -0.39 is 0 Å². The zero-order valence-corrected chi connectivity index (χ0v) is 15.5. The number of amides is 2. The lowest BCUT2D eigenvalue weighted by atomic mass is 10.1. The molecule has 2 amide bonds. The fourth-order valence-electron chi connectivity index (χ4n) is 2.96. The van der Waals surface area contributed by atoms with Crippen LogP contribution < -0.4 is 10.2 Å². The monoisotopic (exact) mass is 379 g/mol. The van der Waals surface area contributed by atoms with Gasteiger partial charge in [0.15, 0.2) is 0 Å². The molecule has 0 spiro atoms. The molecule has 0 saturated heterocycles. The molecular formula is C20H17N3O3S. The normalized spacial score (nSPS) is 12.9. The Balaban J connectivity index is 1.62. The van der Waals surface area contributed by atoms with Crippen LogP contribution in [0.25, 0.3) is 0 Å². The largest absolute Gasteiger partial charge is 0.472 e. The first-order valence-electron chi connectivity index (χ1n) is 8.55. The van der Waals surface area contributed by atoms with E-state index in [2.05, 4.69) is 10.3 Å². The smallest absolute Gasteiger partial charge is 0.261 e. The number of furan rings is 1. The van der Waals surface area contributed by atoms with Crippen LogP contribution in [-0.2, 0) is 6.54 Å². The number of rotatable bonds is 4. The van der Waals surface area contributed by atoms with Crippen molar-refractivity contribution in [3.05, 3.63) is 71.8 Å². The zero-order chi connectivity index (χ0) is 18.8. The number of hydrogen-bond acceptors (Lipinski definition) is 5. The molecular weight excluding hydrogens is 362 g/mol. The van der Waals surface area contributed by atoms with Gasteiger partial charge in [0.2, 0.25) is 0 Å². The molecule has 7 heteroatoms. The molecule has 2 aromatic heterocycles. The van der Waals surface area contributed by atoms with E-state index in [1.807, 2.05) is 25.1 Å². The van der Waals surface area contributed by atoms with Crippen LogP contribution >= 0.6 is 11.8 Å². The first-order valence-corrected chi connectivity index (χ1v) is 9.37. The maximum Gasteiger partial charge on any atom is 0.261 e. The summed E-state index contributed by atoms with van der Waals surface area (Å²) in [6, 6.07) is 11.0. The van der Waals surface area contributed by atoms with Crippen LogP contribution in [0.3, 0.4) is 0 Å². The van der Waals surface area contributed by atoms with Crippen molar-refractivity contribution in [3.63, 3.8) is 0 Å². The number of pyridine rings is 1. The number of fused-ring (bicyclic) bond motifs is 2. The topological polar surface area (TPSA) is 75.4 Å². The first kappa shape index (κ1) is 17.4. The van der Waals surface area contributed by atoms with Gasteiger partial charge in [-0.25, -0.2) is 4.98 Å². The highest BCUT2D eigenvalue weighted by Crippen LogP contribution is 2.40. The predicted molar refractivity (Wildman–Crippen MR) is 102 cm³/mol. The van der Waals surface area contributed by atoms with Crippen molar-refractivity contribution < 1.29 is 14.0 Å². The maximum atomic E-state index is 12.9. The van der Waals surface area contributed by atoms with Gasteiger partial charge in [0.1, 0.15) is 11.3 Å². The van der Waals surface area contributed by atoms with Gasteiger partial charge in [-0.15, -0.1) is 0 Å². The number of carbonyl (C=O) groups is 2. The third-order valence-corrected chi connectivity index (χ3v) is 5.39. The fourth-order valence-corrected chi connectivity index (χ4v) is 4.04. The quantitative estimate of drug-likeness (QED) is 0.747. The summed E-state index contributed by atoms with van der Waals surface area (Å²) in [7, 11) is 0. The van der Waals surface area contributed by atoms with Gasteiger partial charge in [-0.3, -0.25) is 9.59 Å². The van der Waals surface area contributed by atoms with Crippen LogP contribution in [-0.4, -0.2) is 23.3 Å². The lowest BCUT2D eigenvalue weighted by Gasteiger charge is -2.21. The van der Waals surface area contributed by atoms with E-state index >= 15 is 0 Å². The SMILES string of the molecule is CCN1C(=O)c2cccnc2Sc2cc(CNC(=O)c3ccoc3)ccc21. The second-order valence-electron chi connectivity index (χ2n) is 6.00. The molecule has 1 aromatic carbocycles. The Labute approximate surface area is 160 Å². The minimum atomic E-state index is -0.191. The number of hydrogen-bond donors (Lipinski definition) is 1. The van der Waals surface area contributed by atoms with E-state index in [0.29, 0.717) is 29.2 Å². The number of anilines is 1. The van der Waals surface area contributed by atoms with E-state index in [1.54, 1.807) is 29.3 Å². The van der Waals surface area contributed by atoms with E-state index in [-0.39, 0.29) is 11.8 Å². The molecule has 0 aliphatic carbocycles. The highest BCUT2D eigenvalue weighted by Gasteiger charge is 2.27. The maximum absolute atomic E-state index is 12.9. The molecule has 27 heavy (non-hydrogen) atoms. The molecule has 3 aromatic rings. The minimum absolute atomic E-state index is 0.0483. The van der Waals surface area contributed by atoms with Crippen molar-refractivity contribution in [1.82, 2.24) is 10.3 Å². The summed E-state index contributed by atoms with van der Waals surface area (Å²) in [5.41, 5.74) is 2.90. The Hall–Kier alpha value is -3.06. The van der Waals surface area contributed by atoms with Gasteiger partial charge in [0, 0.05) is 24.2 Å². The third-order valence-electron chi connectivity index (χ3n) is 4.32. The molecule has 1 N–H and O–H groups in total. The number of nitrogens with zero attached hydrogens (tertiary/aromatic N) is 2. The average Bonchev–Trinajstić information content (AvgIpc) is 3.19. The Morgan fingerprint density at radius 1 is 1.30 bits per heavy atom. The summed E-state index contributed by atoms with van der Waals surface area (Å²) in [5, 5.41) is 3.57. The van der Waals surface area contributed by atoms with Gasteiger partial charge < -0.3 is 14.6 Å². The standard InChI is InChI=1S/C20H17N3O3S/c1-2-23-16-6-5-13(11-22-18(24)14-7-9-26-12-14)10-17(16)27-19-15(20(23)25)4-3-8-21-19/h3-10,12H,2,11H2,1H3,(H,22,24). The summed E-state index contributed by atoms with van der Waals surface area (Å²) in [6.07, 6.45) is 4.57. The lowest BCUT2D eigenvalue weighted by Crippen LogP contribution is -2.30. The van der Waals surface area contributed by atoms with Gasteiger partial charge in [0.25, 0.3) is 11.8 Å². The first-order chi connectivity index (χ1) is 13.2. The highest BCUT2D eigenvalue weighted by atomic mass is 32.2. The summed E-state index contributed by atoms with van der Waals surface area (Å²) in [5.74, 6) is -0.239. The molecule has 0 bridgehead atoms. The molecule has 0 fully saturated rings. The molecule has 0 saturated carbocycles. The van der Waals surface area contributed by atoms with E-state index in [0.717, 1.165) is 16.1 Å². The summed E-state index contributed by atoms with van der Waals surface area (Å²) in [4.78, 5) is 32.0. The lowest BCUT2D eigenvalue weighted by molar-refractivity contribution is 0.0948. The third kappa shape index (κ3) is 3.33. The average molecular weight is 379 g/mol. The molecule has 1 aliphatic heterocycles. The Bertz CT molecular complexity index is 1000. The van der Waals surface area contributed by atoms with Crippen LogP contribution in [0.5, 0.6) is 0 Å². The minimum Gasteiger partial charge on any atom is -0.472 e. The van der Waals surface area contributed by atoms with Crippen LogP contribution in [0.15, 0.2) is 69.5 Å². The molecule has 0 unspecified atom stereocenters. The molecule has 4 rings (SSSR count). The van der Waals surface area contributed by atoms with Crippen LogP contribution in [0, 0.1) is 0 Å². The van der Waals surface area contributed by atoms with Crippen molar-refractivity contribution in [2.45, 2.75) is 23.4 Å². The zero-order valence-electron chi connectivity index (χ0n) is 14.6. The summed E-state index contributed by atoms with van der Waals surface area (Å²) in [6.45, 7) is 2.90. The number of benzene rings is 1. The summed E-state index contributed by atoms with van der Waals surface area (Å²) < 4.78 is 4.93. The van der Waals surface area contributed by atoms with Crippen molar-refractivity contribution >= 4 is 29.3 Å². The Morgan fingerprint density at radius 3 is 2.96 bits per heavy atom.